The first-order chi connectivity index (χ1) is 7.58. The molecular formula is C14H23NO. The molecule has 0 spiro atoms. The number of aliphatic hydroxyl groups excluding tert-OH is 1. The van der Waals surface area contributed by atoms with E-state index in [4.69, 9.17) is 0 Å². The number of hydrogen-bond acceptors (Lipinski definition) is 2. The molecule has 1 rings (SSSR count). The number of rotatable bonds is 5. The largest absolute Gasteiger partial charge is 0.387 e. The van der Waals surface area contributed by atoms with E-state index in [1.54, 1.807) is 0 Å². The second-order valence-electron chi connectivity index (χ2n) is 4.36. The fraction of sp³-hybridized carbons (Fsp3) is 0.571. The summed E-state index contributed by atoms with van der Waals surface area (Å²) >= 11 is 0. The molecule has 0 fully saturated rings. The molecule has 0 aromatic heterocycles. The third-order valence-electron chi connectivity index (χ3n) is 3.12. The molecule has 1 aromatic carbocycles. The summed E-state index contributed by atoms with van der Waals surface area (Å²) < 4.78 is 0. The first kappa shape index (κ1) is 13.2. The number of likely N-dealkylation sites (N-methyl/N-ethyl adjacent to an activating group) is 1. The van der Waals surface area contributed by atoms with Gasteiger partial charge in [0.2, 0.25) is 0 Å². The van der Waals surface area contributed by atoms with Gasteiger partial charge >= 0.3 is 0 Å². The predicted octanol–water partition coefficient (Wildman–Crippen LogP) is 2.68. The molecular weight excluding hydrogens is 198 g/mol. The molecule has 2 nitrogen and oxygen atoms in total. The number of hydrogen-bond donors (Lipinski definition) is 1. The molecule has 16 heavy (non-hydrogen) atoms. The van der Waals surface area contributed by atoms with Crippen molar-refractivity contribution in [2.75, 3.05) is 19.6 Å². The minimum absolute atomic E-state index is 0.375. The van der Waals surface area contributed by atoms with Crippen LogP contribution in [0.25, 0.3) is 0 Å². The van der Waals surface area contributed by atoms with Crippen LogP contribution in [0.1, 0.15) is 36.6 Å². The predicted molar refractivity (Wildman–Crippen MR) is 68.7 cm³/mol. The Labute approximate surface area is 98.9 Å². The lowest BCUT2D eigenvalue weighted by Crippen LogP contribution is -2.28. The van der Waals surface area contributed by atoms with Crippen LogP contribution in [0, 0.1) is 13.8 Å². The van der Waals surface area contributed by atoms with Crippen LogP contribution < -0.4 is 0 Å². The van der Waals surface area contributed by atoms with Crippen molar-refractivity contribution in [1.82, 2.24) is 4.90 Å². The highest BCUT2D eigenvalue weighted by Crippen LogP contribution is 2.20. The second kappa shape index (κ2) is 6.02. The van der Waals surface area contributed by atoms with Crippen molar-refractivity contribution in [3.8, 4) is 0 Å². The van der Waals surface area contributed by atoms with Gasteiger partial charge in [-0.15, -0.1) is 0 Å². The fourth-order valence-corrected chi connectivity index (χ4v) is 1.94. The van der Waals surface area contributed by atoms with Gasteiger partial charge in [0.05, 0.1) is 6.10 Å². The summed E-state index contributed by atoms with van der Waals surface area (Å²) in [5.74, 6) is 0. The molecule has 1 unspecified atom stereocenters. The Bertz CT molecular complexity index is 332. The molecule has 0 aliphatic rings. The minimum atomic E-state index is -0.375. The molecule has 0 saturated carbocycles. The van der Waals surface area contributed by atoms with E-state index < -0.39 is 0 Å². The molecule has 1 aromatic rings. The maximum Gasteiger partial charge on any atom is 0.0919 e. The Hall–Kier alpha value is -0.860. The maximum absolute atomic E-state index is 10.2. The van der Waals surface area contributed by atoms with Gasteiger partial charge in [0, 0.05) is 6.54 Å². The van der Waals surface area contributed by atoms with Gasteiger partial charge in [-0.05, 0) is 38.1 Å². The van der Waals surface area contributed by atoms with Crippen molar-refractivity contribution in [1.29, 1.82) is 0 Å². The average molecular weight is 221 g/mol. The highest BCUT2D eigenvalue weighted by Gasteiger charge is 2.13. The van der Waals surface area contributed by atoms with E-state index in [-0.39, 0.29) is 6.10 Å². The molecule has 0 radical (unpaired) electrons. The fourth-order valence-electron chi connectivity index (χ4n) is 1.94. The van der Waals surface area contributed by atoms with Crippen LogP contribution in [0.4, 0.5) is 0 Å². The van der Waals surface area contributed by atoms with E-state index in [1.807, 2.05) is 0 Å². The maximum atomic E-state index is 10.2. The Morgan fingerprint density at radius 1 is 1.19 bits per heavy atom. The Kier molecular flexibility index (Phi) is 4.97. The zero-order valence-electron chi connectivity index (χ0n) is 10.8. The van der Waals surface area contributed by atoms with E-state index in [0.717, 1.165) is 25.2 Å². The number of aliphatic hydroxyl groups is 1. The summed E-state index contributed by atoms with van der Waals surface area (Å²) in [5.41, 5.74) is 3.44. The first-order valence-electron chi connectivity index (χ1n) is 6.06. The van der Waals surface area contributed by atoms with Gasteiger partial charge in [-0.25, -0.2) is 0 Å². The Morgan fingerprint density at radius 3 is 2.38 bits per heavy atom. The number of nitrogens with zero attached hydrogens (tertiary/aromatic N) is 1. The van der Waals surface area contributed by atoms with Gasteiger partial charge in [0.15, 0.2) is 0 Å². The van der Waals surface area contributed by atoms with Crippen molar-refractivity contribution < 1.29 is 5.11 Å². The SMILES string of the molecule is CCN(CC)CC(O)c1cc(C)ccc1C. The smallest absolute Gasteiger partial charge is 0.0919 e. The normalized spacial score (nSPS) is 13.1. The van der Waals surface area contributed by atoms with E-state index in [9.17, 15) is 5.11 Å². The summed E-state index contributed by atoms with van der Waals surface area (Å²) in [4.78, 5) is 2.24. The van der Waals surface area contributed by atoms with Crippen LogP contribution in [-0.4, -0.2) is 29.6 Å². The van der Waals surface area contributed by atoms with Gasteiger partial charge in [-0.2, -0.15) is 0 Å². The lowest BCUT2D eigenvalue weighted by molar-refractivity contribution is 0.118. The number of aryl methyl sites for hydroxylation is 2. The highest BCUT2D eigenvalue weighted by molar-refractivity contribution is 5.32. The van der Waals surface area contributed by atoms with Crippen molar-refractivity contribution in [3.63, 3.8) is 0 Å². The van der Waals surface area contributed by atoms with Crippen molar-refractivity contribution in [2.45, 2.75) is 33.8 Å². The van der Waals surface area contributed by atoms with Crippen LogP contribution in [-0.2, 0) is 0 Å². The third-order valence-corrected chi connectivity index (χ3v) is 3.12. The molecule has 0 bridgehead atoms. The lowest BCUT2D eigenvalue weighted by atomic mass is 10.0. The molecule has 0 aliphatic heterocycles. The summed E-state index contributed by atoms with van der Waals surface area (Å²) in [6.45, 7) is 11.1. The van der Waals surface area contributed by atoms with Gasteiger partial charge in [-0.1, -0.05) is 37.6 Å². The van der Waals surface area contributed by atoms with Crippen LogP contribution in [0.2, 0.25) is 0 Å². The van der Waals surface area contributed by atoms with E-state index in [1.165, 1.54) is 11.1 Å². The van der Waals surface area contributed by atoms with Crippen molar-refractivity contribution in [2.24, 2.45) is 0 Å². The zero-order chi connectivity index (χ0) is 12.1. The van der Waals surface area contributed by atoms with Crippen LogP contribution in [0.3, 0.4) is 0 Å². The molecule has 90 valence electrons. The summed E-state index contributed by atoms with van der Waals surface area (Å²) in [5, 5.41) is 10.2. The van der Waals surface area contributed by atoms with Crippen LogP contribution >= 0.6 is 0 Å². The van der Waals surface area contributed by atoms with Gasteiger partial charge in [0.25, 0.3) is 0 Å². The monoisotopic (exact) mass is 221 g/mol. The first-order valence-corrected chi connectivity index (χ1v) is 6.06. The van der Waals surface area contributed by atoms with E-state index in [2.05, 4.69) is 50.8 Å². The summed E-state index contributed by atoms with van der Waals surface area (Å²) in [6, 6.07) is 6.25. The Morgan fingerprint density at radius 2 is 1.81 bits per heavy atom. The van der Waals surface area contributed by atoms with E-state index >= 15 is 0 Å². The number of benzene rings is 1. The molecule has 0 amide bonds. The Balaban J connectivity index is 2.79. The second-order valence-corrected chi connectivity index (χ2v) is 4.36. The quantitative estimate of drug-likeness (QED) is 0.826. The molecule has 0 aliphatic carbocycles. The topological polar surface area (TPSA) is 23.5 Å². The van der Waals surface area contributed by atoms with Crippen LogP contribution in [0.5, 0.6) is 0 Å². The molecule has 1 N–H and O–H groups in total. The highest BCUT2D eigenvalue weighted by atomic mass is 16.3. The average Bonchev–Trinajstić information content (AvgIpc) is 2.28. The van der Waals surface area contributed by atoms with Gasteiger partial charge in [-0.3, -0.25) is 0 Å². The minimum Gasteiger partial charge on any atom is -0.387 e. The lowest BCUT2D eigenvalue weighted by Gasteiger charge is -2.23. The molecule has 0 saturated heterocycles. The van der Waals surface area contributed by atoms with Crippen LogP contribution in [0.15, 0.2) is 18.2 Å². The van der Waals surface area contributed by atoms with E-state index in [0.29, 0.717) is 0 Å². The summed E-state index contributed by atoms with van der Waals surface area (Å²) in [6.07, 6.45) is -0.375. The van der Waals surface area contributed by atoms with Crippen molar-refractivity contribution >= 4 is 0 Å². The van der Waals surface area contributed by atoms with Gasteiger partial charge < -0.3 is 10.0 Å². The van der Waals surface area contributed by atoms with Crippen molar-refractivity contribution in [3.05, 3.63) is 34.9 Å². The third kappa shape index (κ3) is 3.32. The van der Waals surface area contributed by atoms with Gasteiger partial charge in [0.1, 0.15) is 0 Å². The molecule has 1 atom stereocenters. The zero-order valence-corrected chi connectivity index (χ0v) is 10.8. The summed E-state index contributed by atoms with van der Waals surface area (Å²) in [7, 11) is 0. The molecule has 0 heterocycles. The standard InChI is InChI=1S/C14H23NO/c1-5-15(6-2)10-14(16)13-9-11(3)7-8-12(13)4/h7-9,14,16H,5-6,10H2,1-4H3. The molecule has 2 heteroatoms.